The Balaban J connectivity index is 2.65. The van der Waals surface area contributed by atoms with Crippen LogP contribution < -0.4 is 0 Å². The Morgan fingerprint density at radius 1 is 1.25 bits per heavy atom. The molecule has 0 radical (unpaired) electrons. The van der Waals surface area contributed by atoms with Gasteiger partial charge in [-0.25, -0.2) is 4.39 Å². The Kier molecular flexibility index (Phi) is 2.27. The molecule has 2 rings (SSSR count). The molecule has 1 aliphatic carbocycles. The summed E-state index contributed by atoms with van der Waals surface area (Å²) in [6, 6.07) is 7.58. The van der Waals surface area contributed by atoms with Gasteiger partial charge in [0, 0.05) is 11.1 Å². The molecule has 0 atom stereocenters. The molecule has 3 nitrogen and oxygen atoms in total. The number of nitrogens with zero attached hydrogens (tertiary/aromatic N) is 2. The number of carbonyl (C=O) groups excluding carboxylic acids is 1. The van der Waals surface area contributed by atoms with Gasteiger partial charge >= 0.3 is 0 Å². The van der Waals surface area contributed by atoms with Crippen molar-refractivity contribution in [2.24, 2.45) is 5.92 Å². The van der Waals surface area contributed by atoms with Crippen LogP contribution in [0.25, 0.3) is 5.57 Å². The summed E-state index contributed by atoms with van der Waals surface area (Å²) in [5.41, 5.74) is 0.453. The second-order valence-corrected chi connectivity index (χ2v) is 3.32. The maximum atomic E-state index is 13.5. The Morgan fingerprint density at radius 2 is 1.94 bits per heavy atom. The molecular weight excluding hydrogens is 207 g/mol. The number of ketones is 1. The highest BCUT2D eigenvalue weighted by Gasteiger charge is 2.29. The van der Waals surface area contributed by atoms with E-state index in [4.69, 9.17) is 10.5 Å². The summed E-state index contributed by atoms with van der Waals surface area (Å²) in [4.78, 5) is 11.5. The molecule has 76 valence electrons. The highest BCUT2D eigenvalue weighted by molar-refractivity contribution is 6.17. The van der Waals surface area contributed by atoms with Crippen LogP contribution in [0.4, 0.5) is 4.39 Å². The summed E-state index contributed by atoms with van der Waals surface area (Å²) in [7, 11) is 0. The average Bonchev–Trinajstić information content (AvgIpc) is 2.60. The monoisotopic (exact) mass is 212 g/mol. The van der Waals surface area contributed by atoms with E-state index < -0.39 is 11.7 Å². The van der Waals surface area contributed by atoms with Crippen molar-refractivity contribution in [2.45, 2.75) is 0 Å². The second-order valence-electron chi connectivity index (χ2n) is 3.32. The second kappa shape index (κ2) is 3.60. The van der Waals surface area contributed by atoms with Gasteiger partial charge in [-0.1, -0.05) is 12.1 Å². The molecule has 0 fully saturated rings. The van der Waals surface area contributed by atoms with E-state index in [1.54, 1.807) is 12.1 Å². The van der Waals surface area contributed by atoms with Crippen LogP contribution >= 0.6 is 0 Å². The van der Waals surface area contributed by atoms with E-state index >= 15 is 0 Å². The van der Waals surface area contributed by atoms with Crippen molar-refractivity contribution in [2.75, 3.05) is 0 Å². The Bertz CT molecular complexity index is 576. The van der Waals surface area contributed by atoms with Gasteiger partial charge in [0.05, 0.1) is 12.1 Å². The lowest BCUT2D eigenvalue weighted by Crippen LogP contribution is -1.99. The number of benzene rings is 1. The van der Waals surface area contributed by atoms with Crippen LogP contribution in [0.3, 0.4) is 0 Å². The quantitative estimate of drug-likeness (QED) is 0.715. The van der Waals surface area contributed by atoms with Gasteiger partial charge in [-0.15, -0.1) is 0 Å². The maximum Gasteiger partial charge on any atom is 0.186 e. The zero-order valence-electron chi connectivity index (χ0n) is 8.07. The van der Waals surface area contributed by atoms with E-state index in [1.807, 2.05) is 0 Å². The van der Waals surface area contributed by atoms with E-state index in [-0.39, 0.29) is 22.5 Å². The predicted molar refractivity (Wildman–Crippen MR) is 53.4 cm³/mol. The lowest BCUT2D eigenvalue weighted by Gasteiger charge is -2.05. The maximum absolute atomic E-state index is 13.5. The molecule has 16 heavy (non-hydrogen) atoms. The molecule has 0 aromatic heterocycles. The first-order chi connectivity index (χ1) is 7.69. The fourth-order valence-corrected chi connectivity index (χ4v) is 1.71. The van der Waals surface area contributed by atoms with Crippen molar-refractivity contribution >= 4 is 11.4 Å². The first kappa shape index (κ1) is 10.1. The first-order valence-electron chi connectivity index (χ1n) is 4.53. The topological polar surface area (TPSA) is 64.7 Å². The van der Waals surface area contributed by atoms with Crippen LogP contribution in [0.2, 0.25) is 0 Å². The first-order valence-corrected chi connectivity index (χ1v) is 4.53. The molecule has 0 amide bonds. The molecule has 0 aliphatic heterocycles. The van der Waals surface area contributed by atoms with Crippen LogP contribution in [0.1, 0.15) is 15.9 Å². The van der Waals surface area contributed by atoms with Crippen molar-refractivity contribution in [3.8, 4) is 12.1 Å². The van der Waals surface area contributed by atoms with Gasteiger partial charge in [-0.3, -0.25) is 4.79 Å². The number of hydrogen-bond donors (Lipinski definition) is 0. The van der Waals surface area contributed by atoms with Gasteiger partial charge in [0.2, 0.25) is 0 Å². The predicted octanol–water partition coefficient (Wildman–Crippen LogP) is 2.07. The smallest absolute Gasteiger partial charge is 0.186 e. The summed E-state index contributed by atoms with van der Waals surface area (Å²) in [5.74, 6) is -2.05. The lowest BCUT2D eigenvalue weighted by atomic mass is 9.95. The van der Waals surface area contributed by atoms with Gasteiger partial charge in [-0.05, 0) is 17.7 Å². The van der Waals surface area contributed by atoms with Gasteiger partial charge < -0.3 is 0 Å². The van der Waals surface area contributed by atoms with E-state index in [2.05, 4.69) is 0 Å². The Morgan fingerprint density at radius 3 is 2.56 bits per heavy atom. The number of hydrogen-bond acceptors (Lipinski definition) is 3. The van der Waals surface area contributed by atoms with E-state index in [0.717, 1.165) is 6.08 Å². The molecule has 1 aromatic rings. The molecule has 0 bridgehead atoms. The number of nitriles is 2. The summed E-state index contributed by atoms with van der Waals surface area (Å²) < 4.78 is 13.5. The number of halogens is 1. The van der Waals surface area contributed by atoms with Crippen LogP contribution in [0.15, 0.2) is 24.3 Å². The molecular formula is C12H5FN2O. The van der Waals surface area contributed by atoms with Crippen molar-refractivity contribution in [3.63, 3.8) is 0 Å². The fraction of sp³-hybridized carbons (Fsp3) is 0.0833. The minimum absolute atomic E-state index is 0.0839. The van der Waals surface area contributed by atoms with E-state index in [1.165, 1.54) is 18.2 Å². The summed E-state index contributed by atoms with van der Waals surface area (Å²) in [5, 5.41) is 17.5. The van der Waals surface area contributed by atoms with Crippen LogP contribution in [-0.2, 0) is 0 Å². The summed E-state index contributed by atoms with van der Waals surface area (Å²) in [6.45, 7) is 0. The van der Waals surface area contributed by atoms with Crippen molar-refractivity contribution in [1.82, 2.24) is 0 Å². The normalized spacial score (nSPS) is 13.0. The largest absolute Gasteiger partial charge is 0.289 e. The lowest BCUT2D eigenvalue weighted by molar-refractivity contribution is 0.104. The molecule has 4 heteroatoms. The SMILES string of the molecule is N#CC(C#N)C1=CC(=O)c2cccc(F)c21. The van der Waals surface area contributed by atoms with Crippen LogP contribution in [0, 0.1) is 34.4 Å². The summed E-state index contributed by atoms with van der Waals surface area (Å²) >= 11 is 0. The van der Waals surface area contributed by atoms with Gasteiger partial charge in [0.1, 0.15) is 5.82 Å². The van der Waals surface area contributed by atoms with Crippen LogP contribution in [0.5, 0.6) is 0 Å². The van der Waals surface area contributed by atoms with Gasteiger partial charge in [0.15, 0.2) is 11.7 Å². The van der Waals surface area contributed by atoms with Crippen molar-refractivity contribution in [1.29, 1.82) is 10.5 Å². The molecule has 0 spiro atoms. The Labute approximate surface area is 91.0 Å². The molecule has 0 heterocycles. The third-order valence-electron chi connectivity index (χ3n) is 2.42. The number of carbonyl (C=O) groups is 1. The minimum atomic E-state index is -1.11. The minimum Gasteiger partial charge on any atom is -0.289 e. The molecule has 0 saturated carbocycles. The molecule has 0 N–H and O–H groups in total. The van der Waals surface area contributed by atoms with E-state index in [0.29, 0.717) is 0 Å². The molecule has 0 saturated heterocycles. The fourth-order valence-electron chi connectivity index (χ4n) is 1.71. The third kappa shape index (κ3) is 1.29. The molecule has 0 unspecified atom stereocenters. The highest BCUT2D eigenvalue weighted by atomic mass is 19.1. The number of allylic oxidation sites excluding steroid dienone is 2. The number of fused-ring (bicyclic) bond motifs is 1. The van der Waals surface area contributed by atoms with Gasteiger partial charge in [0.25, 0.3) is 0 Å². The highest BCUT2D eigenvalue weighted by Crippen LogP contribution is 2.34. The standard InChI is InChI=1S/C12H5FN2O/c13-10-3-1-2-8-11(16)4-9(12(8)10)7(5-14)6-15/h1-4,7H. The van der Waals surface area contributed by atoms with E-state index in [9.17, 15) is 9.18 Å². The van der Waals surface area contributed by atoms with Gasteiger partial charge in [-0.2, -0.15) is 10.5 Å². The Hall–Kier alpha value is -2.46. The van der Waals surface area contributed by atoms with Crippen molar-refractivity contribution < 1.29 is 9.18 Å². The average molecular weight is 212 g/mol. The summed E-state index contributed by atoms with van der Waals surface area (Å²) in [6.07, 6.45) is 1.16. The van der Waals surface area contributed by atoms with Crippen molar-refractivity contribution in [3.05, 3.63) is 41.2 Å². The molecule has 1 aliphatic rings. The third-order valence-corrected chi connectivity index (χ3v) is 2.42. The zero-order valence-corrected chi connectivity index (χ0v) is 8.07. The van der Waals surface area contributed by atoms with Crippen LogP contribution in [-0.4, -0.2) is 5.78 Å². The number of rotatable bonds is 1. The molecule has 1 aromatic carbocycles. The zero-order chi connectivity index (χ0) is 11.7.